The molecule has 2 aliphatic rings. The molecule has 2 aliphatic carbocycles. The third-order valence-electron chi connectivity index (χ3n) is 9.10. The fraction of sp³-hybridized carbons (Fsp3) is 0.366. The summed E-state index contributed by atoms with van der Waals surface area (Å²) in [4.78, 5) is 24.9. The van der Waals surface area contributed by atoms with Crippen LogP contribution >= 0.6 is 58.0 Å². The van der Waals surface area contributed by atoms with Gasteiger partial charge in [0, 0.05) is 42.3 Å². The molecule has 0 heterocycles. The van der Waals surface area contributed by atoms with Gasteiger partial charge in [-0.05, 0) is 127 Å². The van der Waals surface area contributed by atoms with E-state index in [4.69, 9.17) is 67.5 Å². The van der Waals surface area contributed by atoms with Crippen LogP contribution in [0.1, 0.15) is 53.5 Å². The van der Waals surface area contributed by atoms with Crippen molar-refractivity contribution in [3.8, 4) is 11.5 Å². The standard InChI is InChI=1S/C41H39Cl5F2N2O5/c1-22-6-27(9-30(7-22)49-18-23-2-3-23)20-53-38-32(43)11-25(12-33(38)44)15-36(47)40(51)55-41(52)37(48)16-26-13-34(45)39(35(46)14-26)54-21-28-8-29(42)17-31(10-28)50-19-24-4-5-24/h6-14,17,23-24,36-37,49-50H,2-5,15-16,18-21H2,1H3. The first-order valence-electron chi connectivity index (χ1n) is 17.9. The Morgan fingerprint density at radius 2 is 1.04 bits per heavy atom. The lowest BCUT2D eigenvalue weighted by Crippen LogP contribution is -2.29. The average molecular weight is 855 g/mol. The second kappa shape index (κ2) is 18.6. The predicted molar refractivity (Wildman–Crippen MR) is 215 cm³/mol. The summed E-state index contributed by atoms with van der Waals surface area (Å²) in [5.41, 5.74) is 5.09. The summed E-state index contributed by atoms with van der Waals surface area (Å²) in [6.45, 7) is 4.08. The fourth-order valence-electron chi connectivity index (χ4n) is 5.91. The largest absolute Gasteiger partial charge is 0.486 e. The number of carbonyl (C=O) groups is 2. The van der Waals surface area contributed by atoms with Gasteiger partial charge in [0.05, 0.1) is 20.1 Å². The fourth-order valence-corrected chi connectivity index (χ4v) is 7.45. The molecule has 0 aromatic heterocycles. The summed E-state index contributed by atoms with van der Waals surface area (Å²) in [6.07, 6.45) is -0.785. The number of anilines is 2. The van der Waals surface area contributed by atoms with Gasteiger partial charge in [0.25, 0.3) is 0 Å². The van der Waals surface area contributed by atoms with Crippen molar-refractivity contribution >= 4 is 81.3 Å². The Balaban J connectivity index is 0.979. The topological polar surface area (TPSA) is 85.9 Å². The first-order valence-corrected chi connectivity index (χ1v) is 19.8. The van der Waals surface area contributed by atoms with E-state index < -0.39 is 37.1 Å². The van der Waals surface area contributed by atoms with E-state index >= 15 is 0 Å². The highest BCUT2D eigenvalue weighted by molar-refractivity contribution is 6.38. The molecule has 0 bridgehead atoms. The average Bonchev–Trinajstić information content (AvgIpc) is 4.05. The van der Waals surface area contributed by atoms with Gasteiger partial charge in [-0.15, -0.1) is 0 Å². The second-order valence-electron chi connectivity index (χ2n) is 14.1. The maximum absolute atomic E-state index is 15.0. The Kier molecular flexibility index (Phi) is 14.0. The summed E-state index contributed by atoms with van der Waals surface area (Å²) in [6, 6.07) is 17.1. The quantitative estimate of drug-likeness (QED) is 0.0761. The van der Waals surface area contributed by atoms with Crippen LogP contribution in [0.15, 0.2) is 60.7 Å². The molecule has 0 saturated heterocycles. The molecule has 2 fully saturated rings. The van der Waals surface area contributed by atoms with Gasteiger partial charge in [-0.2, -0.15) is 0 Å². The van der Waals surface area contributed by atoms with E-state index in [0.29, 0.717) is 10.9 Å². The van der Waals surface area contributed by atoms with Crippen LogP contribution in [0.3, 0.4) is 0 Å². The number of hydrogen-bond acceptors (Lipinski definition) is 7. The van der Waals surface area contributed by atoms with Crippen LogP contribution in [-0.2, 0) is 40.4 Å². The molecule has 2 saturated carbocycles. The molecular formula is C41H39Cl5F2N2O5. The molecule has 0 aliphatic heterocycles. The molecule has 14 heteroatoms. The number of benzene rings is 4. The summed E-state index contributed by atoms with van der Waals surface area (Å²) in [7, 11) is 0. The number of ether oxygens (including phenoxy) is 3. The minimum absolute atomic E-state index is 0.0755. The third-order valence-corrected chi connectivity index (χ3v) is 10.4. The molecule has 55 heavy (non-hydrogen) atoms. The molecule has 2 N–H and O–H groups in total. The Morgan fingerprint density at radius 3 is 1.47 bits per heavy atom. The van der Waals surface area contributed by atoms with E-state index in [9.17, 15) is 18.4 Å². The molecule has 0 radical (unpaired) electrons. The molecule has 0 amide bonds. The van der Waals surface area contributed by atoms with Crippen LogP contribution in [0.2, 0.25) is 25.1 Å². The van der Waals surface area contributed by atoms with E-state index in [0.717, 1.165) is 47.1 Å². The summed E-state index contributed by atoms with van der Waals surface area (Å²) >= 11 is 32.0. The van der Waals surface area contributed by atoms with Crippen LogP contribution < -0.4 is 20.1 Å². The van der Waals surface area contributed by atoms with Gasteiger partial charge in [0.1, 0.15) is 13.2 Å². The normalized spacial score (nSPS) is 14.9. The van der Waals surface area contributed by atoms with Gasteiger partial charge in [0.15, 0.2) is 11.5 Å². The van der Waals surface area contributed by atoms with Gasteiger partial charge < -0.3 is 24.8 Å². The first-order chi connectivity index (χ1) is 26.3. The number of nitrogens with one attached hydrogen (secondary N) is 2. The molecule has 2 atom stereocenters. The molecule has 2 unspecified atom stereocenters. The Hall–Kier alpha value is -3.47. The van der Waals surface area contributed by atoms with Crippen molar-refractivity contribution in [1.82, 2.24) is 0 Å². The maximum Gasteiger partial charge on any atom is 0.348 e. The zero-order valence-corrected chi connectivity index (χ0v) is 33.6. The summed E-state index contributed by atoms with van der Waals surface area (Å²) < 4.78 is 46.3. The zero-order valence-electron chi connectivity index (χ0n) is 29.8. The smallest absolute Gasteiger partial charge is 0.348 e. The Morgan fingerprint density at radius 1 is 0.618 bits per heavy atom. The number of aryl methyl sites for hydroxylation is 1. The van der Waals surface area contributed by atoms with Crippen LogP contribution in [0.25, 0.3) is 0 Å². The molecular weight excluding hydrogens is 816 g/mol. The predicted octanol–water partition coefficient (Wildman–Crippen LogP) is 11.6. The van der Waals surface area contributed by atoms with Gasteiger partial charge in [0.2, 0.25) is 12.3 Å². The van der Waals surface area contributed by atoms with E-state index in [-0.39, 0.29) is 55.9 Å². The highest BCUT2D eigenvalue weighted by Crippen LogP contribution is 2.38. The number of alkyl halides is 2. The molecule has 4 aromatic rings. The molecule has 0 spiro atoms. The van der Waals surface area contributed by atoms with E-state index in [1.54, 1.807) is 6.07 Å². The van der Waals surface area contributed by atoms with Crippen molar-refractivity contribution in [3.63, 3.8) is 0 Å². The van der Waals surface area contributed by atoms with Gasteiger partial charge in [-0.1, -0.05) is 64.1 Å². The molecule has 4 aromatic carbocycles. The number of rotatable bonds is 18. The second-order valence-corrected chi connectivity index (χ2v) is 16.2. The Bertz CT molecular complexity index is 1860. The number of halogens is 7. The third kappa shape index (κ3) is 12.3. The van der Waals surface area contributed by atoms with Crippen LogP contribution in [0, 0.1) is 18.8 Å². The summed E-state index contributed by atoms with van der Waals surface area (Å²) in [5, 5.41) is 7.72. The molecule has 7 nitrogen and oxygen atoms in total. The minimum atomic E-state index is -2.32. The van der Waals surface area contributed by atoms with Crippen LogP contribution in [0.5, 0.6) is 11.5 Å². The molecule has 6 rings (SSSR count). The lowest BCUT2D eigenvalue weighted by Gasteiger charge is -2.15. The van der Waals surface area contributed by atoms with Crippen molar-refractivity contribution in [2.75, 3.05) is 23.7 Å². The van der Waals surface area contributed by atoms with E-state index in [1.807, 2.05) is 31.2 Å². The number of carbonyl (C=O) groups excluding carboxylic acids is 2. The van der Waals surface area contributed by atoms with Crippen molar-refractivity contribution < 1.29 is 32.6 Å². The summed E-state index contributed by atoms with van der Waals surface area (Å²) in [5.74, 6) is -1.36. The van der Waals surface area contributed by atoms with Crippen LogP contribution in [0.4, 0.5) is 20.2 Å². The first kappa shape index (κ1) is 41.2. The van der Waals surface area contributed by atoms with Crippen LogP contribution in [-0.4, -0.2) is 37.4 Å². The van der Waals surface area contributed by atoms with Gasteiger partial charge in [-0.25, -0.2) is 18.4 Å². The minimum Gasteiger partial charge on any atom is -0.486 e. The van der Waals surface area contributed by atoms with Gasteiger partial charge in [-0.3, -0.25) is 0 Å². The lowest BCUT2D eigenvalue weighted by atomic mass is 10.1. The lowest BCUT2D eigenvalue weighted by molar-refractivity contribution is -0.166. The number of hydrogen-bond donors (Lipinski definition) is 2. The number of esters is 2. The zero-order chi connectivity index (χ0) is 39.2. The van der Waals surface area contributed by atoms with E-state index in [1.165, 1.54) is 49.9 Å². The van der Waals surface area contributed by atoms with Crippen molar-refractivity contribution in [2.45, 2.75) is 71.0 Å². The Labute approximate surface area is 343 Å². The van der Waals surface area contributed by atoms with Crippen molar-refractivity contribution in [1.29, 1.82) is 0 Å². The highest BCUT2D eigenvalue weighted by atomic mass is 35.5. The van der Waals surface area contributed by atoms with Crippen molar-refractivity contribution in [2.24, 2.45) is 11.8 Å². The highest BCUT2D eigenvalue weighted by Gasteiger charge is 2.29. The SMILES string of the molecule is Cc1cc(COc2c(Cl)cc(CC(F)C(=O)OC(=O)C(F)Cc3cc(Cl)c(OCc4cc(Cl)cc(NCC5CC5)c4)c(Cl)c3)cc2Cl)cc(NCC2CC2)c1. The maximum atomic E-state index is 15.0. The molecule has 292 valence electrons. The van der Waals surface area contributed by atoms with Gasteiger partial charge >= 0.3 is 11.9 Å². The monoisotopic (exact) mass is 852 g/mol. The van der Waals surface area contributed by atoms with E-state index in [2.05, 4.69) is 21.4 Å². The van der Waals surface area contributed by atoms with Crippen molar-refractivity contribution in [3.05, 3.63) is 114 Å².